The first-order valence-electron chi connectivity index (χ1n) is 9.59. The standard InChI is InChI=1S/C23H16Cl2N4O3S/c24-18-7-11-20(12-8-18)33(31,32)29-19-9-5-15(6-10-19)23(30)28-26-14-17-13-16-3-1-2-4-21(16)27-22(17)25/h1-14,29H,(H,28,30)/b26-14+. The average molecular weight is 499 g/mol. The van der Waals surface area contributed by atoms with E-state index in [2.05, 4.69) is 20.2 Å². The number of nitrogens with zero attached hydrogens (tertiary/aromatic N) is 2. The SMILES string of the molecule is O=C(N/N=C/c1cc2ccccc2nc1Cl)c1ccc(NS(=O)(=O)c2ccc(Cl)cc2)cc1. The van der Waals surface area contributed by atoms with Crippen molar-refractivity contribution in [2.45, 2.75) is 4.90 Å². The maximum Gasteiger partial charge on any atom is 0.271 e. The second-order valence-corrected chi connectivity index (χ2v) is 9.37. The molecule has 3 aromatic carbocycles. The molecule has 0 saturated carbocycles. The van der Waals surface area contributed by atoms with Gasteiger partial charge in [-0.1, -0.05) is 41.4 Å². The molecule has 0 spiro atoms. The summed E-state index contributed by atoms with van der Waals surface area (Å²) in [5.74, 6) is -0.469. The summed E-state index contributed by atoms with van der Waals surface area (Å²) in [4.78, 5) is 16.7. The lowest BCUT2D eigenvalue weighted by Gasteiger charge is -2.09. The van der Waals surface area contributed by atoms with Gasteiger partial charge >= 0.3 is 0 Å². The molecule has 2 N–H and O–H groups in total. The molecule has 0 aliphatic heterocycles. The number of para-hydroxylation sites is 1. The molecule has 4 aromatic rings. The van der Waals surface area contributed by atoms with Gasteiger partial charge in [-0.3, -0.25) is 9.52 Å². The van der Waals surface area contributed by atoms with Crippen molar-refractivity contribution >= 4 is 61.9 Å². The highest BCUT2D eigenvalue weighted by Gasteiger charge is 2.14. The number of aromatic nitrogens is 1. The van der Waals surface area contributed by atoms with Crippen LogP contribution in [0, 0.1) is 0 Å². The molecule has 4 rings (SSSR count). The third-order valence-electron chi connectivity index (χ3n) is 4.60. The van der Waals surface area contributed by atoms with E-state index in [0.29, 0.717) is 21.8 Å². The molecular weight excluding hydrogens is 483 g/mol. The third-order valence-corrected chi connectivity index (χ3v) is 6.55. The summed E-state index contributed by atoms with van der Waals surface area (Å²) in [7, 11) is -3.78. The Morgan fingerprint density at radius 1 is 0.939 bits per heavy atom. The van der Waals surface area contributed by atoms with Gasteiger partial charge < -0.3 is 0 Å². The minimum Gasteiger partial charge on any atom is -0.280 e. The van der Waals surface area contributed by atoms with Crippen molar-refractivity contribution in [1.82, 2.24) is 10.4 Å². The minimum absolute atomic E-state index is 0.0740. The molecule has 1 aromatic heterocycles. The Hall–Kier alpha value is -3.46. The fourth-order valence-electron chi connectivity index (χ4n) is 2.94. The van der Waals surface area contributed by atoms with Gasteiger partial charge in [0.2, 0.25) is 0 Å². The van der Waals surface area contributed by atoms with Crippen molar-refractivity contribution in [3.8, 4) is 0 Å². The Morgan fingerprint density at radius 2 is 1.64 bits per heavy atom. The van der Waals surface area contributed by atoms with Crippen molar-refractivity contribution in [1.29, 1.82) is 0 Å². The van der Waals surface area contributed by atoms with Crippen LogP contribution in [0.2, 0.25) is 10.2 Å². The van der Waals surface area contributed by atoms with Crippen molar-refractivity contribution in [2.24, 2.45) is 5.10 Å². The topological polar surface area (TPSA) is 101 Å². The van der Waals surface area contributed by atoms with Crippen LogP contribution in [0.4, 0.5) is 5.69 Å². The van der Waals surface area contributed by atoms with Crippen LogP contribution in [0.25, 0.3) is 10.9 Å². The van der Waals surface area contributed by atoms with Gasteiger partial charge in [0, 0.05) is 27.2 Å². The first-order chi connectivity index (χ1) is 15.8. The van der Waals surface area contributed by atoms with Crippen LogP contribution in [0.3, 0.4) is 0 Å². The van der Waals surface area contributed by atoms with Gasteiger partial charge in [-0.15, -0.1) is 0 Å². The maximum absolute atomic E-state index is 12.4. The number of hydrogen-bond acceptors (Lipinski definition) is 5. The third kappa shape index (κ3) is 5.48. The quantitative estimate of drug-likeness (QED) is 0.219. The fraction of sp³-hybridized carbons (Fsp3) is 0. The fourth-order valence-corrected chi connectivity index (χ4v) is 4.32. The van der Waals surface area contributed by atoms with Crippen molar-refractivity contribution in [2.75, 3.05) is 4.72 Å². The first kappa shape index (κ1) is 22.7. The lowest BCUT2D eigenvalue weighted by atomic mass is 10.2. The smallest absolute Gasteiger partial charge is 0.271 e. The molecule has 0 fully saturated rings. The normalized spacial score (nSPS) is 11.6. The van der Waals surface area contributed by atoms with Gasteiger partial charge in [0.15, 0.2) is 0 Å². The van der Waals surface area contributed by atoms with E-state index >= 15 is 0 Å². The molecule has 33 heavy (non-hydrogen) atoms. The molecule has 0 unspecified atom stereocenters. The number of nitrogens with one attached hydrogen (secondary N) is 2. The second kappa shape index (κ2) is 9.58. The van der Waals surface area contributed by atoms with E-state index in [0.717, 1.165) is 10.9 Å². The van der Waals surface area contributed by atoms with E-state index in [1.807, 2.05) is 30.3 Å². The number of anilines is 1. The number of amides is 1. The summed E-state index contributed by atoms with van der Waals surface area (Å²) >= 11 is 12.0. The largest absolute Gasteiger partial charge is 0.280 e. The molecule has 0 saturated heterocycles. The predicted molar refractivity (Wildman–Crippen MR) is 131 cm³/mol. The zero-order chi connectivity index (χ0) is 23.4. The zero-order valence-corrected chi connectivity index (χ0v) is 19.2. The lowest BCUT2D eigenvalue weighted by molar-refractivity contribution is 0.0955. The summed E-state index contributed by atoms with van der Waals surface area (Å²) in [6.07, 6.45) is 1.41. The van der Waals surface area contributed by atoms with E-state index < -0.39 is 15.9 Å². The number of sulfonamides is 1. The van der Waals surface area contributed by atoms with Crippen LogP contribution >= 0.6 is 23.2 Å². The van der Waals surface area contributed by atoms with Crippen molar-refractivity contribution in [3.05, 3.63) is 100 Å². The van der Waals surface area contributed by atoms with E-state index in [-0.39, 0.29) is 10.0 Å². The number of carbonyl (C=O) groups is 1. The van der Waals surface area contributed by atoms with Gasteiger partial charge in [0.25, 0.3) is 15.9 Å². The van der Waals surface area contributed by atoms with Crippen molar-refractivity contribution < 1.29 is 13.2 Å². The summed E-state index contributed by atoms with van der Waals surface area (Å²) in [5, 5.41) is 5.54. The number of pyridine rings is 1. The Bertz CT molecular complexity index is 1460. The number of carbonyl (C=O) groups excluding carboxylic acids is 1. The first-order valence-corrected chi connectivity index (χ1v) is 11.8. The number of fused-ring (bicyclic) bond motifs is 1. The molecule has 0 aliphatic carbocycles. The number of rotatable bonds is 6. The van der Waals surface area contributed by atoms with Crippen LogP contribution < -0.4 is 10.1 Å². The summed E-state index contributed by atoms with van der Waals surface area (Å²) in [6, 6.07) is 21.0. The highest BCUT2D eigenvalue weighted by molar-refractivity contribution is 7.92. The second-order valence-electron chi connectivity index (χ2n) is 6.90. The lowest BCUT2D eigenvalue weighted by Crippen LogP contribution is -2.18. The van der Waals surface area contributed by atoms with Crippen molar-refractivity contribution in [3.63, 3.8) is 0 Å². The van der Waals surface area contributed by atoms with Crippen LogP contribution in [0.1, 0.15) is 15.9 Å². The molecule has 10 heteroatoms. The van der Waals surface area contributed by atoms with E-state index in [4.69, 9.17) is 23.2 Å². The Morgan fingerprint density at radius 3 is 2.36 bits per heavy atom. The number of hydrazone groups is 1. The van der Waals surface area contributed by atoms with Gasteiger partial charge in [0.1, 0.15) is 5.15 Å². The summed E-state index contributed by atoms with van der Waals surface area (Å²) in [5.41, 5.74) is 4.33. The van der Waals surface area contributed by atoms with E-state index in [9.17, 15) is 13.2 Å². The Labute approximate surface area is 200 Å². The van der Waals surface area contributed by atoms with Crippen LogP contribution in [-0.4, -0.2) is 25.5 Å². The van der Waals surface area contributed by atoms with E-state index in [1.54, 1.807) is 0 Å². The van der Waals surface area contributed by atoms with Crippen LogP contribution in [0.5, 0.6) is 0 Å². The van der Waals surface area contributed by atoms with Gasteiger partial charge in [-0.2, -0.15) is 5.10 Å². The minimum atomic E-state index is -3.78. The van der Waals surface area contributed by atoms with Gasteiger partial charge in [-0.25, -0.2) is 18.8 Å². The highest BCUT2D eigenvalue weighted by atomic mass is 35.5. The molecular formula is C23H16Cl2N4O3S. The Kier molecular flexibility index (Phi) is 6.60. The molecule has 7 nitrogen and oxygen atoms in total. The average Bonchev–Trinajstić information content (AvgIpc) is 2.80. The zero-order valence-electron chi connectivity index (χ0n) is 16.9. The molecule has 1 heterocycles. The van der Waals surface area contributed by atoms with Gasteiger partial charge in [0.05, 0.1) is 16.6 Å². The molecule has 0 bridgehead atoms. The van der Waals surface area contributed by atoms with Crippen LogP contribution in [0.15, 0.2) is 88.9 Å². The van der Waals surface area contributed by atoms with Crippen LogP contribution in [-0.2, 0) is 10.0 Å². The van der Waals surface area contributed by atoms with E-state index in [1.165, 1.54) is 54.7 Å². The number of halogens is 2. The monoisotopic (exact) mass is 498 g/mol. The number of benzene rings is 3. The number of hydrogen-bond donors (Lipinski definition) is 2. The van der Waals surface area contributed by atoms with Gasteiger partial charge in [-0.05, 0) is 60.7 Å². The molecule has 0 aliphatic rings. The molecule has 0 atom stereocenters. The predicted octanol–water partition coefficient (Wildman–Crippen LogP) is 5.11. The maximum atomic E-state index is 12.4. The Balaban J connectivity index is 1.41. The molecule has 1 amide bonds. The summed E-state index contributed by atoms with van der Waals surface area (Å²) in [6.45, 7) is 0. The molecule has 0 radical (unpaired) electrons. The highest BCUT2D eigenvalue weighted by Crippen LogP contribution is 2.20. The molecule has 166 valence electrons. The summed E-state index contributed by atoms with van der Waals surface area (Å²) < 4.78 is 27.3.